The summed E-state index contributed by atoms with van der Waals surface area (Å²) in [7, 11) is 1.89. The van der Waals surface area contributed by atoms with Gasteiger partial charge in [-0.05, 0) is 97.8 Å². The van der Waals surface area contributed by atoms with Crippen molar-refractivity contribution in [3.05, 3.63) is 196 Å². The Kier molecular flexibility index (Phi) is 6.19. The number of aryl methyl sites for hydroxylation is 1. The van der Waals surface area contributed by atoms with Crippen LogP contribution in [0.25, 0.3) is 60.6 Å². The van der Waals surface area contributed by atoms with Gasteiger partial charge in [0.15, 0.2) is 0 Å². The molecule has 2 aliphatic rings. The summed E-state index contributed by atoms with van der Waals surface area (Å²) in [5, 5.41) is 2.76. The molecule has 0 amide bonds. The van der Waals surface area contributed by atoms with E-state index in [2.05, 4.69) is 135 Å². The highest BCUT2D eigenvalue weighted by atomic mass is 16.1. The van der Waals surface area contributed by atoms with Gasteiger partial charge < -0.3 is 4.57 Å². The largest absolute Gasteiger partial charge is 0.310 e. The van der Waals surface area contributed by atoms with Crippen molar-refractivity contribution >= 4 is 27.2 Å². The van der Waals surface area contributed by atoms with Gasteiger partial charge in [-0.15, -0.1) is 0 Å². The van der Waals surface area contributed by atoms with Crippen LogP contribution >= 0.6 is 0 Å². The van der Waals surface area contributed by atoms with Crippen molar-refractivity contribution < 1.29 is 0 Å². The topological polar surface area (TPSA) is 22.0 Å². The van der Waals surface area contributed by atoms with Crippen LogP contribution in [0.2, 0.25) is 0 Å². The van der Waals surface area contributed by atoms with Crippen molar-refractivity contribution in [1.82, 2.24) is 4.57 Å². The molecule has 0 radical (unpaired) electrons. The minimum Gasteiger partial charge on any atom is -0.310 e. The van der Waals surface area contributed by atoms with E-state index in [1.54, 1.807) is 0 Å². The molecule has 1 heterocycles. The van der Waals surface area contributed by atoms with Gasteiger partial charge in [-0.2, -0.15) is 0 Å². The van der Waals surface area contributed by atoms with Crippen LogP contribution < -0.4 is 5.56 Å². The van der Waals surface area contributed by atoms with Gasteiger partial charge in [0.1, 0.15) is 0 Å². The number of hydrogen-bond donors (Lipinski definition) is 0. The Labute approximate surface area is 280 Å². The van der Waals surface area contributed by atoms with Gasteiger partial charge in [0.2, 0.25) is 0 Å². The summed E-state index contributed by atoms with van der Waals surface area (Å²) in [6, 6.07) is 47.6. The fourth-order valence-corrected chi connectivity index (χ4v) is 8.57. The lowest BCUT2D eigenvalue weighted by Crippen LogP contribution is -2.26. The third-order valence-corrected chi connectivity index (χ3v) is 10.5. The van der Waals surface area contributed by atoms with Gasteiger partial charge >= 0.3 is 0 Å². The number of aromatic nitrogens is 1. The zero-order valence-electron chi connectivity index (χ0n) is 27.0. The summed E-state index contributed by atoms with van der Waals surface area (Å²) in [6.45, 7) is 6.42. The lowest BCUT2D eigenvalue weighted by molar-refractivity contribution is 0.786. The molecular formula is C46H33NO. The van der Waals surface area contributed by atoms with Crippen LogP contribution in [-0.4, -0.2) is 4.57 Å². The Balaban J connectivity index is 1.39. The summed E-state index contributed by atoms with van der Waals surface area (Å²) in [5.74, 6) is 0. The van der Waals surface area contributed by atoms with Crippen LogP contribution in [0.1, 0.15) is 29.2 Å². The van der Waals surface area contributed by atoms with Gasteiger partial charge in [-0.1, -0.05) is 134 Å². The first-order chi connectivity index (χ1) is 23.6. The summed E-state index contributed by atoms with van der Waals surface area (Å²) < 4.78 is 1.82. The highest BCUT2D eigenvalue weighted by Crippen LogP contribution is 2.62. The van der Waals surface area contributed by atoms with Crippen molar-refractivity contribution in [3.8, 4) is 33.4 Å². The van der Waals surface area contributed by atoms with Crippen molar-refractivity contribution in [2.24, 2.45) is 7.05 Å². The quantitative estimate of drug-likeness (QED) is 0.181. The van der Waals surface area contributed by atoms with E-state index in [-0.39, 0.29) is 5.56 Å². The van der Waals surface area contributed by atoms with Crippen molar-refractivity contribution in [2.75, 3.05) is 0 Å². The number of benzene rings is 6. The Hall–Kier alpha value is -5.99. The highest BCUT2D eigenvalue weighted by molar-refractivity contribution is 6.12. The van der Waals surface area contributed by atoms with E-state index in [1.165, 1.54) is 44.5 Å². The normalized spacial score (nSPS) is 14.2. The number of rotatable bonds is 4. The van der Waals surface area contributed by atoms with E-state index in [0.717, 1.165) is 43.9 Å². The van der Waals surface area contributed by atoms with Gasteiger partial charge in [-0.25, -0.2) is 0 Å². The van der Waals surface area contributed by atoms with Crippen molar-refractivity contribution in [1.29, 1.82) is 0 Å². The van der Waals surface area contributed by atoms with E-state index < -0.39 is 5.41 Å². The predicted octanol–water partition coefficient (Wildman–Crippen LogP) is 10.9. The van der Waals surface area contributed by atoms with Gasteiger partial charge in [0.25, 0.3) is 5.56 Å². The lowest BCUT2D eigenvalue weighted by atomic mass is 9.69. The molecule has 48 heavy (non-hydrogen) atoms. The maximum Gasteiger partial charge on any atom is 0.258 e. The zero-order chi connectivity index (χ0) is 32.6. The molecule has 7 aromatic rings. The standard InChI is InChI=1S/C46H33NO/c1-4-15-40-32(5-2)36-25-24-30(28-43(36)46(40)41-22-13-11-19-34(41)35-20-12-14-23-42(35)46)31-26-38(29-16-7-6-8-17-29)44-39(27-31)33-18-9-10-21-37(33)45(48)47(44)3/h4-28H,2H2,1,3H3/b15-4-. The molecule has 0 saturated heterocycles. The van der Waals surface area contributed by atoms with Crippen molar-refractivity contribution in [2.45, 2.75) is 12.3 Å². The molecule has 0 aliphatic heterocycles. The summed E-state index contributed by atoms with van der Waals surface area (Å²) in [4.78, 5) is 13.6. The van der Waals surface area contributed by atoms with Crippen LogP contribution in [-0.2, 0) is 12.5 Å². The third-order valence-electron chi connectivity index (χ3n) is 10.5. The second-order valence-electron chi connectivity index (χ2n) is 12.8. The van der Waals surface area contributed by atoms with Crippen LogP contribution in [0.5, 0.6) is 0 Å². The van der Waals surface area contributed by atoms with Crippen molar-refractivity contribution in [3.63, 3.8) is 0 Å². The van der Waals surface area contributed by atoms with E-state index in [9.17, 15) is 4.79 Å². The number of fused-ring (bicyclic) bond motifs is 10. The van der Waals surface area contributed by atoms with E-state index >= 15 is 0 Å². The lowest BCUT2D eigenvalue weighted by Gasteiger charge is -2.32. The molecule has 9 rings (SSSR count). The second kappa shape index (κ2) is 10.5. The molecule has 2 aliphatic carbocycles. The van der Waals surface area contributed by atoms with Crippen LogP contribution in [0, 0.1) is 0 Å². The average Bonchev–Trinajstić information content (AvgIpc) is 3.60. The predicted molar refractivity (Wildman–Crippen MR) is 201 cm³/mol. The summed E-state index contributed by atoms with van der Waals surface area (Å²) in [6.07, 6.45) is 6.47. The van der Waals surface area contributed by atoms with Gasteiger partial charge in [-0.3, -0.25) is 4.79 Å². The zero-order valence-corrected chi connectivity index (χ0v) is 27.0. The molecule has 228 valence electrons. The molecule has 0 atom stereocenters. The van der Waals surface area contributed by atoms with Crippen LogP contribution in [0.15, 0.2) is 169 Å². The maximum atomic E-state index is 13.6. The third kappa shape index (κ3) is 3.66. The van der Waals surface area contributed by atoms with Gasteiger partial charge in [0.05, 0.1) is 10.9 Å². The average molecular weight is 616 g/mol. The molecule has 2 heteroatoms. The Morgan fingerprint density at radius 1 is 0.583 bits per heavy atom. The monoisotopic (exact) mass is 615 g/mol. The van der Waals surface area contributed by atoms with Gasteiger partial charge in [0, 0.05) is 23.4 Å². The van der Waals surface area contributed by atoms with Crippen LogP contribution in [0.4, 0.5) is 0 Å². The minimum atomic E-state index is -0.468. The summed E-state index contributed by atoms with van der Waals surface area (Å²) in [5.41, 5.74) is 14.9. The number of hydrogen-bond acceptors (Lipinski definition) is 1. The summed E-state index contributed by atoms with van der Waals surface area (Å²) >= 11 is 0. The highest BCUT2D eigenvalue weighted by Gasteiger charge is 2.51. The first-order valence-electron chi connectivity index (χ1n) is 16.5. The van der Waals surface area contributed by atoms with Crippen LogP contribution in [0.3, 0.4) is 0 Å². The Morgan fingerprint density at radius 2 is 1.23 bits per heavy atom. The molecule has 0 unspecified atom stereocenters. The van der Waals surface area contributed by atoms with E-state index in [0.29, 0.717) is 0 Å². The molecular weight excluding hydrogens is 583 g/mol. The first-order valence-corrected chi connectivity index (χ1v) is 16.5. The molecule has 0 fully saturated rings. The first kappa shape index (κ1) is 28.3. The number of nitrogens with zero attached hydrogens (tertiary/aromatic N) is 1. The molecule has 0 bridgehead atoms. The molecule has 2 nitrogen and oxygen atoms in total. The Morgan fingerprint density at radius 3 is 1.92 bits per heavy atom. The fraction of sp³-hybridized carbons (Fsp3) is 0.0652. The number of pyridine rings is 1. The molecule has 1 spiro atoms. The molecule has 1 aromatic heterocycles. The second-order valence-corrected chi connectivity index (χ2v) is 12.8. The number of allylic oxidation sites excluding steroid dienone is 5. The minimum absolute atomic E-state index is 0.0144. The fourth-order valence-electron chi connectivity index (χ4n) is 8.57. The molecule has 6 aromatic carbocycles. The molecule has 0 N–H and O–H groups in total. The maximum absolute atomic E-state index is 13.6. The SMILES string of the molecule is C=CC1=C(/C=C\C)C2(c3cc(-c4cc(-c5ccccc5)c5c(c4)c4ccccc4c(=O)n5C)ccc31)c1ccccc1-c1ccccc12. The van der Waals surface area contributed by atoms with E-state index in [4.69, 9.17) is 0 Å². The Bertz CT molecular complexity index is 2570. The van der Waals surface area contributed by atoms with E-state index in [1.807, 2.05) is 42.0 Å². The smallest absolute Gasteiger partial charge is 0.258 e. The molecule has 0 saturated carbocycles.